The summed E-state index contributed by atoms with van der Waals surface area (Å²) in [6, 6.07) is 17.9. The predicted molar refractivity (Wildman–Crippen MR) is 97.5 cm³/mol. The van der Waals surface area contributed by atoms with E-state index in [1.165, 1.54) is 0 Å². The van der Waals surface area contributed by atoms with Crippen LogP contribution in [0, 0.1) is 0 Å². The van der Waals surface area contributed by atoms with Gasteiger partial charge in [-0.3, -0.25) is 4.79 Å². The lowest BCUT2D eigenvalue weighted by Crippen LogP contribution is -2.28. The van der Waals surface area contributed by atoms with E-state index in [2.05, 4.69) is 0 Å². The zero-order valence-electron chi connectivity index (χ0n) is 14.5. The average molecular weight is 321 g/mol. The maximum absolute atomic E-state index is 13.1. The van der Waals surface area contributed by atoms with Crippen LogP contribution in [0.5, 0.6) is 5.75 Å². The number of benzene rings is 2. The second-order valence-corrected chi connectivity index (χ2v) is 6.49. The van der Waals surface area contributed by atoms with Crippen molar-refractivity contribution in [2.24, 2.45) is 0 Å². The van der Waals surface area contributed by atoms with Crippen molar-refractivity contribution < 1.29 is 9.53 Å². The number of hydrogen-bond acceptors (Lipinski definition) is 3. The van der Waals surface area contributed by atoms with Crippen LogP contribution in [-0.2, 0) is 10.2 Å². The van der Waals surface area contributed by atoms with Crippen molar-refractivity contribution in [1.82, 2.24) is 0 Å². The first-order chi connectivity index (χ1) is 11.5. The molecular formula is C21H23NO2. The zero-order valence-corrected chi connectivity index (χ0v) is 14.5. The van der Waals surface area contributed by atoms with Crippen LogP contribution in [0.15, 0.2) is 66.4 Å². The Kier molecular flexibility index (Phi) is 4.43. The molecule has 0 aliphatic heterocycles. The molecule has 3 nitrogen and oxygen atoms in total. The molecule has 0 heterocycles. The molecule has 3 rings (SSSR count). The highest BCUT2D eigenvalue weighted by Crippen LogP contribution is 2.41. The van der Waals surface area contributed by atoms with Gasteiger partial charge < -0.3 is 9.64 Å². The number of ether oxygens (including phenoxy) is 1. The Morgan fingerprint density at radius 1 is 1.12 bits per heavy atom. The zero-order chi connectivity index (χ0) is 17.2. The maximum atomic E-state index is 13.1. The number of rotatable bonds is 4. The monoisotopic (exact) mass is 321 g/mol. The summed E-state index contributed by atoms with van der Waals surface area (Å²) in [7, 11) is 3.63. The molecule has 0 spiro atoms. The lowest BCUT2D eigenvalue weighted by Gasteiger charge is -2.23. The van der Waals surface area contributed by atoms with Crippen LogP contribution in [0.2, 0.25) is 0 Å². The quantitative estimate of drug-likeness (QED) is 0.785. The topological polar surface area (TPSA) is 29.5 Å². The fourth-order valence-electron chi connectivity index (χ4n) is 3.30. The number of hydrogen-bond donors (Lipinski definition) is 0. The first-order valence-electron chi connectivity index (χ1n) is 8.22. The largest absolute Gasteiger partial charge is 0.497 e. The van der Waals surface area contributed by atoms with Crippen LogP contribution in [0.4, 0.5) is 5.69 Å². The summed E-state index contributed by atoms with van der Waals surface area (Å²) < 4.78 is 5.31. The van der Waals surface area contributed by atoms with Crippen molar-refractivity contribution in [2.75, 3.05) is 19.1 Å². The molecule has 1 saturated carbocycles. The molecule has 1 fully saturated rings. The van der Waals surface area contributed by atoms with Crippen molar-refractivity contribution in [1.29, 1.82) is 0 Å². The van der Waals surface area contributed by atoms with Gasteiger partial charge in [0.1, 0.15) is 5.75 Å². The first kappa shape index (κ1) is 16.3. The first-order valence-corrected chi connectivity index (χ1v) is 8.22. The summed E-state index contributed by atoms with van der Waals surface area (Å²) in [6.45, 7) is 2.04. The normalized spacial score (nSPS) is 22.0. The number of methoxy groups -OCH3 is 1. The Bertz CT molecular complexity index is 766. The molecule has 1 aliphatic rings. The van der Waals surface area contributed by atoms with Gasteiger partial charge in [0.2, 0.25) is 0 Å². The van der Waals surface area contributed by atoms with E-state index < -0.39 is 5.41 Å². The standard InChI is InChI=1S/C21H23NO2/c1-21(17-8-7-11-19(14-17)24-3)13-12-16(20(21)23)15-22(2)18-9-5-4-6-10-18/h4-11,14-15H,12-13H2,1-3H3/b16-15+/t21-/m1/s1. The van der Waals surface area contributed by atoms with Crippen LogP contribution in [0.1, 0.15) is 25.3 Å². The van der Waals surface area contributed by atoms with Crippen LogP contribution < -0.4 is 9.64 Å². The van der Waals surface area contributed by atoms with Crippen LogP contribution in [0.25, 0.3) is 0 Å². The van der Waals surface area contributed by atoms with Gasteiger partial charge in [0.15, 0.2) is 5.78 Å². The van der Waals surface area contributed by atoms with E-state index in [0.29, 0.717) is 0 Å². The second-order valence-electron chi connectivity index (χ2n) is 6.49. The molecule has 0 unspecified atom stereocenters. The van der Waals surface area contributed by atoms with Gasteiger partial charge in [0, 0.05) is 24.5 Å². The number of anilines is 1. The molecule has 0 bridgehead atoms. The summed E-state index contributed by atoms with van der Waals surface area (Å²) in [5.74, 6) is 0.999. The molecular weight excluding hydrogens is 298 g/mol. The number of carbonyl (C=O) groups excluding carboxylic acids is 1. The summed E-state index contributed by atoms with van der Waals surface area (Å²) in [4.78, 5) is 15.1. The summed E-state index contributed by atoms with van der Waals surface area (Å²) in [5.41, 5.74) is 2.51. The fourth-order valence-corrected chi connectivity index (χ4v) is 3.30. The van der Waals surface area contributed by atoms with Crippen LogP contribution in [-0.4, -0.2) is 19.9 Å². The molecule has 24 heavy (non-hydrogen) atoms. The number of Topliss-reactive ketones (excluding diaryl/α,β-unsaturated/α-hetero) is 1. The van der Waals surface area contributed by atoms with Crippen molar-refractivity contribution >= 4 is 11.5 Å². The lowest BCUT2D eigenvalue weighted by atomic mass is 9.80. The van der Waals surface area contributed by atoms with Crippen molar-refractivity contribution in [2.45, 2.75) is 25.2 Å². The highest BCUT2D eigenvalue weighted by molar-refractivity contribution is 6.05. The van der Waals surface area contributed by atoms with Gasteiger partial charge in [-0.1, -0.05) is 30.3 Å². The Morgan fingerprint density at radius 2 is 1.88 bits per heavy atom. The summed E-state index contributed by atoms with van der Waals surface area (Å²) in [5, 5.41) is 0. The third-order valence-corrected chi connectivity index (χ3v) is 4.91. The number of para-hydroxylation sites is 1. The van der Waals surface area contributed by atoms with Gasteiger partial charge >= 0.3 is 0 Å². The highest BCUT2D eigenvalue weighted by Gasteiger charge is 2.42. The van der Waals surface area contributed by atoms with Gasteiger partial charge in [-0.15, -0.1) is 0 Å². The summed E-state index contributed by atoms with van der Waals surface area (Å²) >= 11 is 0. The molecule has 124 valence electrons. The number of nitrogens with zero attached hydrogens (tertiary/aromatic N) is 1. The third kappa shape index (κ3) is 2.94. The maximum Gasteiger partial charge on any atom is 0.170 e. The molecule has 0 aromatic heterocycles. The van der Waals surface area contributed by atoms with E-state index in [1.807, 2.05) is 79.7 Å². The molecule has 3 heteroatoms. The predicted octanol–water partition coefficient (Wildman–Crippen LogP) is 4.34. The second kappa shape index (κ2) is 6.52. The minimum absolute atomic E-state index is 0.207. The van der Waals surface area contributed by atoms with Gasteiger partial charge in [-0.05, 0) is 49.6 Å². The van der Waals surface area contributed by atoms with Gasteiger partial charge in [0.25, 0.3) is 0 Å². The van der Waals surface area contributed by atoms with E-state index in [1.54, 1.807) is 7.11 Å². The number of allylic oxidation sites excluding steroid dienone is 1. The SMILES string of the molecule is COc1cccc([C@@]2(C)CC/C(=C\N(C)c3ccccc3)C2=O)c1. The van der Waals surface area contributed by atoms with Gasteiger partial charge in [-0.25, -0.2) is 0 Å². The van der Waals surface area contributed by atoms with Crippen molar-refractivity contribution in [3.8, 4) is 5.75 Å². The third-order valence-electron chi connectivity index (χ3n) is 4.91. The Hall–Kier alpha value is -2.55. The number of carbonyl (C=O) groups is 1. The minimum atomic E-state index is -0.474. The van der Waals surface area contributed by atoms with Gasteiger partial charge in [-0.2, -0.15) is 0 Å². The van der Waals surface area contributed by atoms with Crippen molar-refractivity contribution in [3.05, 3.63) is 71.9 Å². The van der Waals surface area contributed by atoms with Crippen molar-refractivity contribution in [3.63, 3.8) is 0 Å². The van der Waals surface area contributed by atoms with E-state index in [-0.39, 0.29) is 5.78 Å². The molecule has 0 amide bonds. The van der Waals surface area contributed by atoms with E-state index in [0.717, 1.165) is 35.4 Å². The van der Waals surface area contributed by atoms with E-state index in [4.69, 9.17) is 4.74 Å². The molecule has 2 aromatic carbocycles. The Labute approximate surface area is 143 Å². The number of ketones is 1. The molecule has 1 atom stereocenters. The molecule has 1 aliphatic carbocycles. The van der Waals surface area contributed by atoms with E-state index in [9.17, 15) is 4.79 Å². The molecule has 0 N–H and O–H groups in total. The summed E-state index contributed by atoms with van der Waals surface area (Å²) in [6.07, 6.45) is 3.60. The van der Waals surface area contributed by atoms with Crippen LogP contribution in [0.3, 0.4) is 0 Å². The fraction of sp³-hybridized carbons (Fsp3) is 0.286. The Balaban J connectivity index is 1.87. The highest BCUT2D eigenvalue weighted by atomic mass is 16.5. The van der Waals surface area contributed by atoms with Gasteiger partial charge in [0.05, 0.1) is 12.5 Å². The van der Waals surface area contributed by atoms with E-state index >= 15 is 0 Å². The van der Waals surface area contributed by atoms with Crippen LogP contribution >= 0.6 is 0 Å². The smallest absolute Gasteiger partial charge is 0.170 e. The molecule has 0 saturated heterocycles. The lowest BCUT2D eigenvalue weighted by molar-refractivity contribution is -0.118. The molecule has 0 radical (unpaired) electrons. The molecule has 2 aromatic rings. The minimum Gasteiger partial charge on any atom is -0.497 e. The Morgan fingerprint density at radius 3 is 2.58 bits per heavy atom. The average Bonchev–Trinajstić information content (AvgIpc) is 2.92.